The summed E-state index contributed by atoms with van der Waals surface area (Å²) in [5.74, 6) is 0. The van der Waals surface area contributed by atoms with Crippen molar-refractivity contribution in [2.75, 3.05) is 39.5 Å². The van der Waals surface area contributed by atoms with Crippen molar-refractivity contribution in [3.05, 3.63) is 0 Å². The highest BCUT2D eigenvalue weighted by Crippen LogP contribution is 2.34. The summed E-state index contributed by atoms with van der Waals surface area (Å²) in [6.45, 7) is 9.13. The van der Waals surface area contributed by atoms with E-state index in [-0.39, 0.29) is 0 Å². The zero-order valence-corrected chi connectivity index (χ0v) is 11.0. The van der Waals surface area contributed by atoms with E-state index in [1.54, 1.807) is 6.26 Å². The van der Waals surface area contributed by atoms with Gasteiger partial charge in [0.1, 0.15) is 0 Å². The van der Waals surface area contributed by atoms with E-state index in [2.05, 4.69) is 29.9 Å². The Bertz CT molecular complexity index is 133. The van der Waals surface area contributed by atoms with Crippen molar-refractivity contribution in [1.82, 2.24) is 10.2 Å². The molecule has 0 amide bonds. The molecular formula is C11H26N2S. The maximum absolute atomic E-state index is 3.53. The molecule has 0 aliphatic carbocycles. The first-order chi connectivity index (χ1) is 6.81. The van der Waals surface area contributed by atoms with E-state index in [1.165, 1.54) is 39.0 Å². The molecule has 2 nitrogen and oxygen atoms in total. The van der Waals surface area contributed by atoms with Crippen LogP contribution in [0.2, 0.25) is 0 Å². The summed E-state index contributed by atoms with van der Waals surface area (Å²) >= 11 is 3.53. The third-order valence-corrected chi connectivity index (χ3v) is 2.96. The van der Waals surface area contributed by atoms with E-state index in [0.29, 0.717) is 5.41 Å². The zero-order valence-electron chi connectivity index (χ0n) is 10.1. The first kappa shape index (κ1) is 14.3. The minimum Gasteiger partial charge on any atom is -0.316 e. The molecule has 2 aliphatic rings. The van der Waals surface area contributed by atoms with Crippen molar-refractivity contribution in [1.29, 1.82) is 0 Å². The second-order valence-corrected chi connectivity index (χ2v) is 3.91. The summed E-state index contributed by atoms with van der Waals surface area (Å²) in [7, 11) is 2.23. The lowest BCUT2D eigenvalue weighted by Crippen LogP contribution is -2.27. The molecule has 1 spiro atoms. The Morgan fingerprint density at radius 3 is 2.21 bits per heavy atom. The van der Waals surface area contributed by atoms with Crippen LogP contribution in [0.4, 0.5) is 0 Å². The van der Waals surface area contributed by atoms with Crippen LogP contribution in [0.25, 0.3) is 0 Å². The number of thiol groups is 1. The summed E-state index contributed by atoms with van der Waals surface area (Å²) in [6, 6.07) is 0. The first-order valence-electron chi connectivity index (χ1n) is 5.65. The van der Waals surface area contributed by atoms with Crippen LogP contribution in [0.5, 0.6) is 0 Å². The highest BCUT2D eigenvalue weighted by atomic mass is 32.1. The summed E-state index contributed by atoms with van der Waals surface area (Å²) in [6.07, 6.45) is 4.51. The van der Waals surface area contributed by atoms with E-state index in [4.69, 9.17) is 0 Å². The van der Waals surface area contributed by atoms with Crippen molar-refractivity contribution in [2.24, 2.45) is 5.41 Å². The highest BCUT2D eigenvalue weighted by molar-refractivity contribution is 7.79. The Balaban J connectivity index is 0.000000379. The van der Waals surface area contributed by atoms with Crippen molar-refractivity contribution in [3.8, 4) is 0 Å². The van der Waals surface area contributed by atoms with Crippen LogP contribution < -0.4 is 5.32 Å². The van der Waals surface area contributed by atoms with Gasteiger partial charge >= 0.3 is 0 Å². The van der Waals surface area contributed by atoms with Crippen LogP contribution >= 0.6 is 12.6 Å². The van der Waals surface area contributed by atoms with E-state index < -0.39 is 0 Å². The van der Waals surface area contributed by atoms with Gasteiger partial charge in [-0.25, -0.2) is 0 Å². The molecule has 0 saturated carbocycles. The van der Waals surface area contributed by atoms with E-state index in [9.17, 15) is 0 Å². The van der Waals surface area contributed by atoms with Gasteiger partial charge < -0.3 is 10.2 Å². The van der Waals surface area contributed by atoms with Gasteiger partial charge in [-0.15, -0.1) is 0 Å². The Hall–Kier alpha value is 0.270. The average molecular weight is 218 g/mol. The van der Waals surface area contributed by atoms with Crippen molar-refractivity contribution in [3.63, 3.8) is 0 Å². The number of nitrogens with zero attached hydrogens (tertiary/aromatic N) is 1. The zero-order chi connectivity index (χ0) is 11.0. The topological polar surface area (TPSA) is 15.3 Å². The number of likely N-dealkylation sites (tertiary alicyclic amines) is 1. The fourth-order valence-corrected chi connectivity index (χ4v) is 2.30. The van der Waals surface area contributed by atoms with Crippen LogP contribution in [0.1, 0.15) is 26.7 Å². The molecule has 0 radical (unpaired) electrons. The maximum Gasteiger partial charge on any atom is 0.00481 e. The smallest absolute Gasteiger partial charge is 0.00481 e. The fourth-order valence-electron chi connectivity index (χ4n) is 2.30. The van der Waals surface area contributed by atoms with Gasteiger partial charge in [0, 0.05) is 13.1 Å². The molecule has 86 valence electrons. The number of nitrogens with one attached hydrogen (secondary N) is 1. The molecule has 1 N–H and O–H groups in total. The molecule has 2 heterocycles. The Morgan fingerprint density at radius 2 is 1.86 bits per heavy atom. The lowest BCUT2D eigenvalue weighted by Gasteiger charge is -2.20. The number of hydrogen-bond acceptors (Lipinski definition) is 3. The second kappa shape index (κ2) is 7.55. The average Bonchev–Trinajstić information content (AvgIpc) is 2.84. The molecule has 2 rings (SSSR count). The molecule has 2 aliphatic heterocycles. The molecular weight excluding hydrogens is 192 g/mol. The molecule has 2 saturated heterocycles. The lowest BCUT2D eigenvalue weighted by molar-refractivity contribution is 0.309. The van der Waals surface area contributed by atoms with Gasteiger partial charge in [0.05, 0.1) is 0 Å². The molecule has 1 atom stereocenters. The van der Waals surface area contributed by atoms with E-state index in [1.807, 2.05) is 13.8 Å². The minimum atomic E-state index is 0.675. The molecule has 0 aromatic rings. The summed E-state index contributed by atoms with van der Waals surface area (Å²) < 4.78 is 0. The predicted octanol–water partition coefficient (Wildman–Crippen LogP) is 1.87. The van der Waals surface area contributed by atoms with Crippen molar-refractivity contribution in [2.45, 2.75) is 26.7 Å². The molecule has 0 aromatic heterocycles. The Labute approximate surface area is 94.9 Å². The largest absolute Gasteiger partial charge is 0.316 e. The molecule has 0 aromatic carbocycles. The number of hydrogen-bond donors (Lipinski definition) is 2. The summed E-state index contributed by atoms with van der Waals surface area (Å²) in [4.78, 5) is 2.45. The minimum absolute atomic E-state index is 0.675. The number of rotatable bonds is 0. The Morgan fingerprint density at radius 1 is 1.21 bits per heavy atom. The predicted molar refractivity (Wildman–Crippen MR) is 68.3 cm³/mol. The summed E-state index contributed by atoms with van der Waals surface area (Å²) in [5.41, 5.74) is 0.675. The van der Waals surface area contributed by atoms with E-state index in [0.717, 1.165) is 0 Å². The van der Waals surface area contributed by atoms with Crippen LogP contribution in [0, 0.1) is 5.41 Å². The van der Waals surface area contributed by atoms with Crippen LogP contribution in [0.3, 0.4) is 0 Å². The monoisotopic (exact) mass is 218 g/mol. The first-order valence-corrected chi connectivity index (χ1v) is 6.54. The van der Waals surface area contributed by atoms with Crippen molar-refractivity contribution < 1.29 is 0 Å². The normalized spacial score (nSPS) is 30.6. The lowest BCUT2D eigenvalue weighted by atomic mass is 9.87. The SMILES string of the molecule is CC.CN1CCC2(CCNC2)C1.CS. The molecule has 1 unspecified atom stereocenters. The Kier molecular flexibility index (Phi) is 7.69. The fraction of sp³-hybridized carbons (Fsp3) is 1.00. The van der Waals surface area contributed by atoms with Crippen LogP contribution in [0.15, 0.2) is 0 Å². The molecule has 2 fully saturated rings. The van der Waals surface area contributed by atoms with Gasteiger partial charge in [0.15, 0.2) is 0 Å². The summed E-state index contributed by atoms with van der Waals surface area (Å²) in [5, 5.41) is 3.45. The molecule has 14 heavy (non-hydrogen) atoms. The quantitative estimate of drug-likeness (QED) is 0.604. The van der Waals surface area contributed by atoms with Gasteiger partial charge in [0.2, 0.25) is 0 Å². The van der Waals surface area contributed by atoms with Gasteiger partial charge in [-0.3, -0.25) is 0 Å². The van der Waals surface area contributed by atoms with E-state index >= 15 is 0 Å². The van der Waals surface area contributed by atoms with Gasteiger partial charge in [-0.1, -0.05) is 13.8 Å². The van der Waals surface area contributed by atoms with Crippen molar-refractivity contribution >= 4 is 12.6 Å². The second-order valence-electron chi connectivity index (χ2n) is 3.91. The third kappa shape index (κ3) is 3.79. The maximum atomic E-state index is 3.53. The third-order valence-electron chi connectivity index (χ3n) is 2.96. The van der Waals surface area contributed by atoms with Gasteiger partial charge in [-0.2, -0.15) is 12.6 Å². The van der Waals surface area contributed by atoms with Gasteiger partial charge in [-0.05, 0) is 44.6 Å². The molecule has 3 heteroatoms. The standard InChI is InChI=1S/C8H16N2.C2H6.CH4S/c1-10-5-3-8(7-10)2-4-9-6-8;2*1-2/h9H,2-7H2,1H3;1-2H3;2H,1H3. The highest BCUT2D eigenvalue weighted by Gasteiger charge is 2.38. The van der Waals surface area contributed by atoms with Crippen LogP contribution in [-0.2, 0) is 0 Å². The molecule has 0 bridgehead atoms. The van der Waals surface area contributed by atoms with Gasteiger partial charge in [0.25, 0.3) is 0 Å². The van der Waals surface area contributed by atoms with Crippen LogP contribution in [-0.4, -0.2) is 44.4 Å².